The van der Waals surface area contributed by atoms with Crippen LogP contribution in [0.15, 0.2) is 65.7 Å². The first-order valence-electron chi connectivity index (χ1n) is 11.6. The minimum atomic E-state index is -4.11. The fraction of sp³-hybridized carbons (Fsp3) is 0.231. The molecule has 192 valence electrons. The second-order valence-electron chi connectivity index (χ2n) is 8.68. The van der Waals surface area contributed by atoms with Gasteiger partial charge in [-0.25, -0.2) is 8.42 Å². The number of H-pyrrole nitrogens is 1. The molecular weight excluding hydrogens is 516 g/mol. The van der Waals surface area contributed by atoms with Gasteiger partial charge in [-0.3, -0.25) is 9.78 Å². The number of fused-ring (bicyclic) bond motifs is 1. The Morgan fingerprint density at radius 1 is 1.22 bits per heavy atom. The molecule has 1 aliphatic rings. The Morgan fingerprint density at radius 3 is 2.78 bits per heavy atom. The number of carbonyl (C=O) groups excluding carboxylic acids is 1. The van der Waals surface area contributed by atoms with Crippen LogP contribution in [0.4, 0.5) is 0 Å². The first-order valence-corrected chi connectivity index (χ1v) is 13.4. The lowest BCUT2D eigenvalue weighted by molar-refractivity contribution is -0.0248. The van der Waals surface area contributed by atoms with Crippen LogP contribution in [-0.4, -0.2) is 61.0 Å². The normalized spacial score (nSPS) is 16.6. The Balaban J connectivity index is 1.39. The van der Waals surface area contributed by atoms with Gasteiger partial charge in [0, 0.05) is 52.0 Å². The van der Waals surface area contributed by atoms with Crippen molar-refractivity contribution in [3.63, 3.8) is 0 Å². The highest BCUT2D eigenvalue weighted by Gasteiger charge is 2.36. The fourth-order valence-corrected chi connectivity index (χ4v) is 6.45. The number of pyridine rings is 1. The predicted molar refractivity (Wildman–Crippen MR) is 140 cm³/mol. The Hall–Kier alpha value is -3.44. The van der Waals surface area contributed by atoms with Crippen LogP contribution in [0.2, 0.25) is 5.02 Å². The number of carbonyl (C=O) groups is 1. The van der Waals surface area contributed by atoms with Crippen LogP contribution in [0, 0.1) is 6.92 Å². The van der Waals surface area contributed by atoms with Crippen LogP contribution in [0.1, 0.15) is 16.2 Å². The Labute approximate surface area is 219 Å². The van der Waals surface area contributed by atoms with Crippen LogP contribution < -0.4 is 10.5 Å². The molecule has 0 bridgehead atoms. The van der Waals surface area contributed by atoms with Gasteiger partial charge in [-0.1, -0.05) is 35.9 Å². The molecule has 3 N–H and O–H groups in total. The Bertz CT molecular complexity index is 1590. The van der Waals surface area contributed by atoms with E-state index < -0.39 is 22.0 Å². The summed E-state index contributed by atoms with van der Waals surface area (Å²) in [4.78, 5) is 19.1. The molecule has 1 fully saturated rings. The highest BCUT2D eigenvalue weighted by molar-refractivity contribution is 7.89. The van der Waals surface area contributed by atoms with E-state index in [0.29, 0.717) is 21.7 Å². The van der Waals surface area contributed by atoms with E-state index in [-0.39, 0.29) is 36.9 Å². The summed E-state index contributed by atoms with van der Waals surface area (Å²) < 4.78 is 40.7. The van der Waals surface area contributed by atoms with Gasteiger partial charge in [0.2, 0.25) is 10.0 Å². The molecule has 1 saturated heterocycles. The quantitative estimate of drug-likeness (QED) is 0.367. The number of primary amides is 1. The summed E-state index contributed by atoms with van der Waals surface area (Å²) in [6.45, 7) is 2.39. The largest absolute Gasteiger partial charge is 0.490 e. The zero-order chi connectivity index (χ0) is 26.2. The lowest BCUT2D eigenvalue weighted by Gasteiger charge is -2.32. The molecule has 11 heteroatoms. The topological polar surface area (TPSA) is 128 Å². The number of sulfonamides is 1. The third-order valence-electron chi connectivity index (χ3n) is 6.27. The number of hydrogen-bond acceptors (Lipinski definition) is 6. The van der Waals surface area contributed by atoms with E-state index in [4.69, 9.17) is 26.8 Å². The maximum Gasteiger partial charge on any atom is 0.266 e. The number of benzene rings is 2. The van der Waals surface area contributed by atoms with E-state index in [1.165, 1.54) is 10.4 Å². The molecule has 9 nitrogen and oxygen atoms in total. The summed E-state index contributed by atoms with van der Waals surface area (Å²) in [5.74, 6) is -0.231. The van der Waals surface area contributed by atoms with Crippen LogP contribution in [0.5, 0.6) is 5.75 Å². The molecule has 1 atom stereocenters. The molecule has 0 aliphatic carbocycles. The van der Waals surface area contributed by atoms with Crippen LogP contribution >= 0.6 is 11.6 Å². The Morgan fingerprint density at radius 2 is 2.00 bits per heavy atom. The van der Waals surface area contributed by atoms with Crippen molar-refractivity contribution < 1.29 is 22.7 Å². The molecule has 0 spiro atoms. The molecule has 1 aliphatic heterocycles. The van der Waals surface area contributed by atoms with Gasteiger partial charge in [0.15, 0.2) is 0 Å². The van der Waals surface area contributed by atoms with Crippen molar-refractivity contribution in [2.75, 3.05) is 26.3 Å². The van der Waals surface area contributed by atoms with E-state index in [9.17, 15) is 13.2 Å². The zero-order valence-electron chi connectivity index (χ0n) is 20.0. The molecule has 2 aromatic heterocycles. The van der Waals surface area contributed by atoms with E-state index in [1.807, 2.05) is 43.3 Å². The number of amides is 1. The van der Waals surface area contributed by atoms with Crippen LogP contribution in [0.3, 0.4) is 0 Å². The summed E-state index contributed by atoms with van der Waals surface area (Å²) in [6.07, 6.45) is 1.20. The lowest BCUT2D eigenvalue weighted by atomic mass is 10.0. The predicted octanol–water partition coefficient (Wildman–Crippen LogP) is 3.76. The van der Waals surface area contributed by atoms with Gasteiger partial charge in [-0.05, 0) is 37.3 Å². The first kappa shape index (κ1) is 25.2. The molecule has 0 saturated carbocycles. The molecule has 3 heterocycles. The molecule has 37 heavy (non-hydrogen) atoms. The third-order valence-corrected chi connectivity index (χ3v) is 8.45. The summed E-state index contributed by atoms with van der Waals surface area (Å²) in [5, 5.41) is 0.649. The summed E-state index contributed by atoms with van der Waals surface area (Å²) in [7, 11) is -4.11. The highest BCUT2D eigenvalue weighted by atomic mass is 35.5. The molecule has 0 unspecified atom stereocenters. The van der Waals surface area contributed by atoms with Gasteiger partial charge in [-0.15, -0.1) is 0 Å². The number of nitrogens with one attached hydrogen (secondary N) is 1. The summed E-state index contributed by atoms with van der Waals surface area (Å²) >= 11 is 6.13. The SMILES string of the molecule is Cc1ncccc1-c1ccccc1OC[C@@H]1CN(S(=O)(=O)c2c(C(N)=O)[nH]c3ccc(Cl)cc23)CCO1. The maximum atomic E-state index is 13.7. The maximum absolute atomic E-state index is 13.7. The van der Waals surface area contributed by atoms with Crippen molar-refractivity contribution in [1.82, 2.24) is 14.3 Å². The van der Waals surface area contributed by atoms with Gasteiger partial charge in [-0.2, -0.15) is 4.31 Å². The van der Waals surface area contributed by atoms with Gasteiger partial charge in [0.25, 0.3) is 5.91 Å². The number of rotatable bonds is 7. The smallest absolute Gasteiger partial charge is 0.266 e. The molecular formula is C26H25ClN4O5S. The zero-order valence-corrected chi connectivity index (χ0v) is 21.6. The summed E-state index contributed by atoms with van der Waals surface area (Å²) in [6, 6.07) is 16.2. The average molecular weight is 541 g/mol. The van der Waals surface area contributed by atoms with E-state index in [0.717, 1.165) is 16.8 Å². The number of morpholine rings is 1. The van der Waals surface area contributed by atoms with Crippen molar-refractivity contribution in [3.05, 3.63) is 77.2 Å². The minimum Gasteiger partial charge on any atom is -0.490 e. The number of ether oxygens (including phenoxy) is 2. The van der Waals surface area contributed by atoms with Gasteiger partial charge >= 0.3 is 0 Å². The Kier molecular flexibility index (Phi) is 6.91. The van der Waals surface area contributed by atoms with Crippen molar-refractivity contribution >= 4 is 38.4 Å². The summed E-state index contributed by atoms with van der Waals surface area (Å²) in [5.41, 5.74) is 8.49. The number of hydrogen-bond donors (Lipinski definition) is 2. The van der Waals surface area contributed by atoms with Crippen molar-refractivity contribution in [1.29, 1.82) is 0 Å². The third kappa shape index (κ3) is 4.93. The van der Waals surface area contributed by atoms with Gasteiger partial charge < -0.3 is 20.2 Å². The number of aryl methyl sites for hydroxylation is 1. The van der Waals surface area contributed by atoms with Crippen molar-refractivity contribution in [3.8, 4) is 16.9 Å². The van der Waals surface area contributed by atoms with E-state index in [2.05, 4.69) is 9.97 Å². The molecule has 4 aromatic rings. The molecule has 5 rings (SSSR count). The molecule has 0 radical (unpaired) electrons. The second kappa shape index (κ2) is 10.1. The standard InChI is InChI=1S/C26H25ClN4O5S/c1-16-19(6-4-10-29-16)20-5-2-3-7-23(20)36-15-18-14-31(11-12-35-18)37(33,34)25-21-13-17(27)8-9-22(21)30-24(25)26(28)32/h2-10,13,18,30H,11-12,14-15H2,1H3,(H2,28,32)/t18-/m0/s1. The number of nitrogens with zero attached hydrogens (tertiary/aromatic N) is 2. The highest BCUT2D eigenvalue weighted by Crippen LogP contribution is 2.33. The minimum absolute atomic E-state index is 0.0435. The van der Waals surface area contributed by atoms with Crippen LogP contribution in [0.25, 0.3) is 22.0 Å². The lowest BCUT2D eigenvalue weighted by Crippen LogP contribution is -2.47. The second-order valence-corrected chi connectivity index (χ2v) is 11.0. The number of nitrogens with two attached hydrogens (primary N) is 1. The fourth-order valence-electron chi connectivity index (χ4n) is 4.49. The average Bonchev–Trinajstić information content (AvgIpc) is 3.28. The van der Waals surface area contributed by atoms with Gasteiger partial charge in [0.1, 0.15) is 29.0 Å². The van der Waals surface area contributed by atoms with Crippen LogP contribution in [-0.2, 0) is 14.8 Å². The van der Waals surface area contributed by atoms with Crippen molar-refractivity contribution in [2.45, 2.75) is 17.9 Å². The first-order chi connectivity index (χ1) is 17.8. The van der Waals surface area contributed by atoms with Gasteiger partial charge in [0.05, 0.1) is 6.61 Å². The van der Waals surface area contributed by atoms with E-state index >= 15 is 0 Å². The number of para-hydroxylation sites is 1. The number of aromatic amines is 1. The van der Waals surface area contributed by atoms with E-state index in [1.54, 1.807) is 18.3 Å². The number of aromatic nitrogens is 2. The molecule has 2 aromatic carbocycles. The number of halogens is 1. The van der Waals surface area contributed by atoms with Crippen molar-refractivity contribution in [2.24, 2.45) is 5.73 Å². The monoisotopic (exact) mass is 540 g/mol. The molecule has 1 amide bonds.